The number of carbonyl (C=O) groups excluding carboxylic acids is 2. The first-order chi connectivity index (χ1) is 16.5. The second-order valence-electron chi connectivity index (χ2n) is 8.79. The molecule has 6 nitrogen and oxygen atoms in total. The molecule has 2 amide bonds. The molecule has 0 spiro atoms. The predicted molar refractivity (Wildman–Crippen MR) is 131 cm³/mol. The van der Waals surface area contributed by atoms with Gasteiger partial charge in [-0.3, -0.25) is 9.59 Å². The van der Waals surface area contributed by atoms with Crippen LogP contribution in [0.15, 0.2) is 66.7 Å². The van der Waals surface area contributed by atoms with Gasteiger partial charge in [0.2, 0.25) is 5.91 Å². The molecule has 4 rings (SSSR count). The number of hydrogen-bond donors (Lipinski definition) is 1. The van der Waals surface area contributed by atoms with E-state index in [0.717, 1.165) is 42.0 Å². The third-order valence-corrected chi connectivity index (χ3v) is 6.48. The Kier molecular flexibility index (Phi) is 7.44. The van der Waals surface area contributed by atoms with Crippen molar-refractivity contribution in [3.05, 3.63) is 77.9 Å². The van der Waals surface area contributed by atoms with Crippen molar-refractivity contribution in [1.29, 1.82) is 5.26 Å². The van der Waals surface area contributed by atoms with Crippen LogP contribution in [0.1, 0.15) is 36.8 Å². The van der Waals surface area contributed by atoms with E-state index in [9.17, 15) is 9.59 Å². The molecule has 34 heavy (non-hydrogen) atoms. The fourth-order valence-electron chi connectivity index (χ4n) is 4.57. The number of hydrogen-bond acceptors (Lipinski definition) is 4. The molecule has 174 valence electrons. The van der Waals surface area contributed by atoms with Crippen LogP contribution in [-0.4, -0.2) is 42.5 Å². The van der Waals surface area contributed by atoms with Gasteiger partial charge in [0.1, 0.15) is 11.8 Å². The summed E-state index contributed by atoms with van der Waals surface area (Å²) in [6.45, 7) is -0.182. The topological polar surface area (TPSA) is 82.4 Å². The molecule has 0 saturated heterocycles. The highest BCUT2D eigenvalue weighted by Gasteiger charge is 2.30. The molecule has 0 aliphatic heterocycles. The lowest BCUT2D eigenvalue weighted by Gasteiger charge is -2.29. The molecule has 6 heteroatoms. The van der Waals surface area contributed by atoms with Crippen molar-refractivity contribution >= 4 is 22.6 Å². The number of likely N-dealkylation sites (N-methyl/N-ethyl adjacent to an activating group) is 1. The van der Waals surface area contributed by atoms with E-state index in [0.29, 0.717) is 17.7 Å². The van der Waals surface area contributed by atoms with Gasteiger partial charge in [0.25, 0.3) is 5.91 Å². The second kappa shape index (κ2) is 10.8. The van der Waals surface area contributed by atoms with E-state index in [4.69, 9.17) is 10.00 Å². The number of nitrogens with one attached hydrogen (secondary N) is 1. The Hall–Kier alpha value is -3.85. The van der Waals surface area contributed by atoms with E-state index in [2.05, 4.69) is 11.4 Å². The molecule has 0 heterocycles. The lowest BCUT2D eigenvalue weighted by atomic mass is 10.0. The first kappa shape index (κ1) is 23.3. The van der Waals surface area contributed by atoms with E-state index in [1.165, 1.54) is 0 Å². The summed E-state index contributed by atoms with van der Waals surface area (Å²) < 4.78 is 5.83. The maximum atomic E-state index is 13.4. The highest BCUT2D eigenvalue weighted by atomic mass is 16.5. The van der Waals surface area contributed by atoms with Crippen LogP contribution in [0.25, 0.3) is 10.8 Å². The molecule has 1 atom stereocenters. The average molecular weight is 456 g/mol. The summed E-state index contributed by atoms with van der Waals surface area (Å²) in [7, 11) is 1.82. The largest absolute Gasteiger partial charge is 0.483 e. The number of ether oxygens (including phenoxy) is 1. The minimum absolute atomic E-state index is 0.102. The summed E-state index contributed by atoms with van der Waals surface area (Å²) in [6.07, 6.45) is 4.57. The maximum Gasteiger partial charge on any atom is 0.258 e. The third-order valence-electron chi connectivity index (χ3n) is 6.48. The fraction of sp³-hybridized carbons (Fsp3) is 0.321. The van der Waals surface area contributed by atoms with Gasteiger partial charge in [-0.1, -0.05) is 61.4 Å². The number of benzene rings is 3. The summed E-state index contributed by atoms with van der Waals surface area (Å²) in [5.74, 6) is 0.181. The zero-order chi connectivity index (χ0) is 23.9. The van der Waals surface area contributed by atoms with Crippen molar-refractivity contribution < 1.29 is 14.3 Å². The van der Waals surface area contributed by atoms with Gasteiger partial charge in [-0.2, -0.15) is 5.26 Å². The molecule has 1 saturated carbocycles. The maximum absolute atomic E-state index is 13.4. The lowest BCUT2D eigenvalue weighted by molar-refractivity contribution is -0.137. The zero-order valence-electron chi connectivity index (χ0n) is 19.4. The first-order valence-electron chi connectivity index (χ1n) is 11.7. The lowest BCUT2D eigenvalue weighted by Crippen LogP contribution is -2.51. The van der Waals surface area contributed by atoms with Gasteiger partial charge in [0.05, 0.1) is 11.6 Å². The standard InChI is InChI=1S/C28H29N3O3/c1-31(23-9-3-4-10-23)28(33)25(17-20-13-15-21(18-29)16-14-20)30-27(32)19-34-26-12-6-8-22-7-2-5-11-24(22)26/h2,5-8,11-16,23,25H,3-4,9-10,17,19H2,1H3,(H,30,32). The van der Waals surface area contributed by atoms with Crippen molar-refractivity contribution in [2.24, 2.45) is 0 Å². The number of carbonyl (C=O) groups is 2. The van der Waals surface area contributed by atoms with E-state index in [1.807, 2.05) is 61.6 Å². The number of amides is 2. The Bertz CT molecular complexity index is 1190. The molecule has 1 unspecified atom stereocenters. The van der Waals surface area contributed by atoms with Gasteiger partial charge >= 0.3 is 0 Å². The first-order valence-corrected chi connectivity index (χ1v) is 11.7. The van der Waals surface area contributed by atoms with Crippen molar-refractivity contribution in [1.82, 2.24) is 10.2 Å². The Morgan fingerprint density at radius 2 is 1.76 bits per heavy atom. The zero-order valence-corrected chi connectivity index (χ0v) is 19.4. The Morgan fingerprint density at radius 3 is 2.50 bits per heavy atom. The van der Waals surface area contributed by atoms with E-state index in [1.54, 1.807) is 17.0 Å². The van der Waals surface area contributed by atoms with Crippen LogP contribution in [0, 0.1) is 11.3 Å². The van der Waals surface area contributed by atoms with Gasteiger partial charge in [-0.15, -0.1) is 0 Å². The highest BCUT2D eigenvalue weighted by Crippen LogP contribution is 2.25. The van der Waals surface area contributed by atoms with Crippen LogP contribution in [0.5, 0.6) is 5.75 Å². The molecular formula is C28H29N3O3. The molecule has 0 aromatic heterocycles. The van der Waals surface area contributed by atoms with Gasteiger partial charge in [0, 0.05) is 24.9 Å². The van der Waals surface area contributed by atoms with Gasteiger partial charge in [0.15, 0.2) is 6.61 Å². The molecule has 3 aromatic carbocycles. The molecule has 1 N–H and O–H groups in total. The summed E-state index contributed by atoms with van der Waals surface area (Å²) in [5.41, 5.74) is 1.44. The van der Waals surface area contributed by atoms with Crippen LogP contribution in [0.2, 0.25) is 0 Å². The van der Waals surface area contributed by atoms with E-state index < -0.39 is 6.04 Å². The molecule has 1 fully saturated rings. The number of fused-ring (bicyclic) bond motifs is 1. The van der Waals surface area contributed by atoms with Crippen LogP contribution in [0.4, 0.5) is 0 Å². The molecule has 0 bridgehead atoms. The molecule has 1 aliphatic carbocycles. The molecule has 3 aromatic rings. The highest BCUT2D eigenvalue weighted by molar-refractivity contribution is 5.90. The van der Waals surface area contributed by atoms with Gasteiger partial charge in [-0.05, 0) is 42.0 Å². The molecule has 1 aliphatic rings. The van der Waals surface area contributed by atoms with Crippen molar-refractivity contribution in [2.45, 2.75) is 44.2 Å². The van der Waals surface area contributed by atoms with Gasteiger partial charge < -0.3 is 15.0 Å². The van der Waals surface area contributed by atoms with Crippen LogP contribution in [0.3, 0.4) is 0 Å². The van der Waals surface area contributed by atoms with E-state index in [-0.39, 0.29) is 24.5 Å². The van der Waals surface area contributed by atoms with Crippen molar-refractivity contribution in [3.8, 4) is 11.8 Å². The monoisotopic (exact) mass is 455 g/mol. The Labute approximate surface area is 200 Å². The SMILES string of the molecule is CN(C(=O)C(Cc1ccc(C#N)cc1)NC(=O)COc1cccc2ccccc12)C1CCCC1. The molecular weight excluding hydrogens is 426 g/mol. The minimum Gasteiger partial charge on any atom is -0.483 e. The van der Waals surface area contributed by atoms with E-state index >= 15 is 0 Å². The van der Waals surface area contributed by atoms with Gasteiger partial charge in [-0.25, -0.2) is 0 Å². The summed E-state index contributed by atoms with van der Waals surface area (Å²) in [4.78, 5) is 28.0. The van der Waals surface area contributed by atoms with Crippen LogP contribution < -0.4 is 10.1 Å². The van der Waals surface area contributed by atoms with Crippen molar-refractivity contribution in [2.75, 3.05) is 13.7 Å². The quantitative estimate of drug-likeness (QED) is 0.551. The fourth-order valence-corrected chi connectivity index (χ4v) is 4.57. The Morgan fingerprint density at radius 1 is 1.06 bits per heavy atom. The van der Waals surface area contributed by atoms with Crippen LogP contribution in [-0.2, 0) is 16.0 Å². The van der Waals surface area contributed by atoms with Crippen molar-refractivity contribution in [3.63, 3.8) is 0 Å². The summed E-state index contributed by atoms with van der Waals surface area (Å²) in [5, 5.41) is 13.9. The summed E-state index contributed by atoms with van der Waals surface area (Å²) in [6, 6.07) is 22.3. The normalized spacial score (nSPS) is 14.4. The van der Waals surface area contributed by atoms with Crippen LogP contribution >= 0.6 is 0 Å². The number of nitrogens with zero attached hydrogens (tertiary/aromatic N) is 2. The molecule has 0 radical (unpaired) electrons. The average Bonchev–Trinajstić information content (AvgIpc) is 3.42. The number of nitriles is 1. The number of rotatable bonds is 8. The second-order valence-corrected chi connectivity index (χ2v) is 8.79. The minimum atomic E-state index is -0.706. The Balaban J connectivity index is 1.46. The summed E-state index contributed by atoms with van der Waals surface area (Å²) >= 11 is 0. The predicted octanol–water partition coefficient (Wildman–Crippen LogP) is 4.22. The third kappa shape index (κ3) is 5.55. The smallest absolute Gasteiger partial charge is 0.258 e.